The number of amides is 1. The summed E-state index contributed by atoms with van der Waals surface area (Å²) in [5.41, 5.74) is 6.33. The molecule has 0 aliphatic carbocycles. The lowest BCUT2D eigenvalue weighted by Crippen LogP contribution is -2.31. The monoisotopic (exact) mass is 511 g/mol. The molecule has 0 spiro atoms. The van der Waals surface area contributed by atoms with Crippen molar-refractivity contribution in [3.05, 3.63) is 94.2 Å². The number of aromatic hydroxyl groups is 1. The lowest BCUT2D eigenvalue weighted by molar-refractivity contribution is 0.0746. The number of rotatable bonds is 9. The number of methoxy groups -OCH3 is 1. The number of hydrogen-bond acceptors (Lipinski definition) is 5. The number of carbonyl (C=O) groups is 1. The average molecular weight is 512 g/mol. The Bertz CT molecular complexity index is 1440. The highest BCUT2D eigenvalue weighted by Gasteiger charge is 2.42. The second-order valence-electron chi connectivity index (χ2n) is 9.76. The number of aromatic amines is 1. The Kier molecular flexibility index (Phi) is 7.09. The first-order valence-electron chi connectivity index (χ1n) is 13.0. The van der Waals surface area contributed by atoms with Crippen LogP contribution in [0.2, 0.25) is 0 Å². The van der Waals surface area contributed by atoms with Gasteiger partial charge < -0.3 is 19.5 Å². The number of H-pyrrole nitrogens is 1. The van der Waals surface area contributed by atoms with Crippen LogP contribution >= 0.6 is 0 Å². The van der Waals surface area contributed by atoms with Crippen molar-refractivity contribution < 1.29 is 19.4 Å². The SMILES string of the molecule is CCCOc1ccc(C2c3c(-c4cc(C)cc(C)c4O)n[nH]c3C(=O)N2CCc2ccc(OC)cc2)cc1. The van der Waals surface area contributed by atoms with Crippen molar-refractivity contribution in [2.24, 2.45) is 0 Å². The molecule has 2 heterocycles. The third kappa shape index (κ3) is 4.72. The summed E-state index contributed by atoms with van der Waals surface area (Å²) < 4.78 is 11.1. The molecule has 38 heavy (non-hydrogen) atoms. The Labute approximate surface area is 223 Å². The van der Waals surface area contributed by atoms with Crippen molar-refractivity contribution >= 4 is 5.91 Å². The first-order valence-corrected chi connectivity index (χ1v) is 13.0. The van der Waals surface area contributed by atoms with E-state index in [9.17, 15) is 9.90 Å². The third-order valence-electron chi connectivity index (χ3n) is 7.03. The van der Waals surface area contributed by atoms with E-state index < -0.39 is 0 Å². The standard InChI is InChI=1S/C31H33N3O4/c1-5-16-38-24-12-8-22(9-13-24)29-26-27(25-18-19(2)17-20(3)30(25)35)32-33-28(26)31(36)34(29)15-14-21-6-10-23(37-4)11-7-21/h6-13,17-18,29,35H,5,14-16H2,1-4H3,(H,32,33). The summed E-state index contributed by atoms with van der Waals surface area (Å²) in [6, 6.07) is 19.3. The molecule has 0 saturated carbocycles. The van der Waals surface area contributed by atoms with E-state index in [4.69, 9.17) is 9.47 Å². The summed E-state index contributed by atoms with van der Waals surface area (Å²) in [7, 11) is 1.65. The fourth-order valence-corrected chi connectivity index (χ4v) is 5.13. The third-order valence-corrected chi connectivity index (χ3v) is 7.03. The van der Waals surface area contributed by atoms with E-state index in [1.54, 1.807) is 7.11 Å². The molecule has 0 saturated heterocycles. The van der Waals surface area contributed by atoms with Crippen LogP contribution < -0.4 is 9.47 Å². The van der Waals surface area contributed by atoms with Crippen LogP contribution in [0.5, 0.6) is 17.2 Å². The van der Waals surface area contributed by atoms with Gasteiger partial charge in [-0.15, -0.1) is 0 Å². The number of fused-ring (bicyclic) bond motifs is 1. The molecule has 1 aliphatic heterocycles. The molecule has 5 rings (SSSR count). The summed E-state index contributed by atoms with van der Waals surface area (Å²) >= 11 is 0. The molecule has 7 nitrogen and oxygen atoms in total. The zero-order valence-corrected chi connectivity index (χ0v) is 22.2. The molecule has 0 bridgehead atoms. The summed E-state index contributed by atoms with van der Waals surface area (Å²) in [6.07, 6.45) is 1.62. The Morgan fingerprint density at radius 1 is 1.03 bits per heavy atom. The lowest BCUT2D eigenvalue weighted by Gasteiger charge is -2.27. The molecule has 196 valence electrons. The zero-order chi connectivity index (χ0) is 26.8. The van der Waals surface area contributed by atoms with Gasteiger partial charge in [0.1, 0.15) is 28.6 Å². The van der Waals surface area contributed by atoms with Crippen LogP contribution in [0.3, 0.4) is 0 Å². The number of nitrogens with one attached hydrogen (secondary N) is 1. The molecular formula is C31H33N3O4. The number of phenolic OH excluding ortho intramolecular Hbond substituents is 1. The number of hydrogen-bond donors (Lipinski definition) is 2. The minimum atomic E-state index is -0.357. The van der Waals surface area contributed by atoms with Crippen LogP contribution in [-0.4, -0.2) is 46.4 Å². The molecule has 1 aromatic heterocycles. The van der Waals surface area contributed by atoms with Crippen LogP contribution in [0, 0.1) is 13.8 Å². The minimum Gasteiger partial charge on any atom is -0.507 e. The topological polar surface area (TPSA) is 87.7 Å². The highest BCUT2D eigenvalue weighted by molar-refractivity contribution is 6.00. The van der Waals surface area contributed by atoms with Crippen LogP contribution in [-0.2, 0) is 6.42 Å². The number of nitrogens with zero attached hydrogens (tertiary/aromatic N) is 2. The normalized spacial score (nSPS) is 14.6. The van der Waals surface area contributed by atoms with Gasteiger partial charge in [-0.25, -0.2) is 0 Å². The van der Waals surface area contributed by atoms with E-state index >= 15 is 0 Å². The molecule has 1 amide bonds. The number of carbonyl (C=O) groups excluding carboxylic acids is 1. The number of ether oxygens (including phenoxy) is 2. The number of benzene rings is 3. The van der Waals surface area contributed by atoms with E-state index in [0.29, 0.717) is 36.5 Å². The molecule has 3 aromatic carbocycles. The highest BCUT2D eigenvalue weighted by Crippen LogP contribution is 2.45. The fraction of sp³-hybridized carbons (Fsp3) is 0.290. The Morgan fingerprint density at radius 2 is 1.74 bits per heavy atom. The fourth-order valence-electron chi connectivity index (χ4n) is 5.13. The van der Waals surface area contributed by atoms with Crippen LogP contribution in [0.1, 0.15) is 57.7 Å². The summed E-state index contributed by atoms with van der Waals surface area (Å²) in [4.78, 5) is 15.6. The van der Waals surface area contributed by atoms with Crippen molar-refractivity contribution in [2.75, 3.05) is 20.3 Å². The van der Waals surface area contributed by atoms with E-state index in [1.165, 1.54) is 0 Å². The van der Waals surface area contributed by atoms with E-state index in [-0.39, 0.29) is 17.7 Å². The maximum absolute atomic E-state index is 13.7. The average Bonchev–Trinajstić information content (AvgIpc) is 3.47. The highest BCUT2D eigenvalue weighted by atomic mass is 16.5. The van der Waals surface area contributed by atoms with Crippen molar-refractivity contribution in [1.82, 2.24) is 15.1 Å². The maximum atomic E-state index is 13.7. The Balaban J connectivity index is 1.55. The van der Waals surface area contributed by atoms with Crippen LogP contribution in [0.25, 0.3) is 11.3 Å². The molecule has 4 aromatic rings. The summed E-state index contributed by atoms with van der Waals surface area (Å²) in [5.74, 6) is 1.67. The van der Waals surface area contributed by atoms with Gasteiger partial charge in [0.15, 0.2) is 0 Å². The van der Waals surface area contributed by atoms with Crippen molar-refractivity contribution in [3.63, 3.8) is 0 Å². The van der Waals surface area contributed by atoms with Crippen molar-refractivity contribution in [2.45, 2.75) is 39.7 Å². The molecule has 1 atom stereocenters. The van der Waals surface area contributed by atoms with Gasteiger partial charge in [-0.05, 0) is 79.3 Å². The van der Waals surface area contributed by atoms with Crippen LogP contribution in [0.15, 0.2) is 60.7 Å². The second kappa shape index (κ2) is 10.6. The number of aryl methyl sites for hydroxylation is 2. The smallest absolute Gasteiger partial charge is 0.273 e. The lowest BCUT2D eigenvalue weighted by atomic mass is 9.94. The molecule has 7 heteroatoms. The first-order chi connectivity index (χ1) is 18.4. The Morgan fingerprint density at radius 3 is 2.42 bits per heavy atom. The van der Waals surface area contributed by atoms with Crippen molar-refractivity contribution in [1.29, 1.82) is 0 Å². The van der Waals surface area contributed by atoms with E-state index in [2.05, 4.69) is 17.1 Å². The maximum Gasteiger partial charge on any atom is 0.273 e. The van der Waals surface area contributed by atoms with Gasteiger partial charge in [-0.3, -0.25) is 9.89 Å². The molecule has 1 aliphatic rings. The molecular weight excluding hydrogens is 478 g/mol. The molecule has 1 unspecified atom stereocenters. The molecule has 0 fully saturated rings. The van der Waals surface area contributed by atoms with Gasteiger partial charge in [0, 0.05) is 17.7 Å². The van der Waals surface area contributed by atoms with Gasteiger partial charge in [-0.2, -0.15) is 5.10 Å². The van der Waals surface area contributed by atoms with E-state index in [1.807, 2.05) is 79.4 Å². The van der Waals surface area contributed by atoms with Gasteiger partial charge in [0.2, 0.25) is 0 Å². The zero-order valence-electron chi connectivity index (χ0n) is 22.2. The predicted octanol–water partition coefficient (Wildman–Crippen LogP) is 5.98. The van der Waals surface area contributed by atoms with Crippen molar-refractivity contribution in [3.8, 4) is 28.5 Å². The first kappa shape index (κ1) is 25.4. The van der Waals surface area contributed by atoms with Gasteiger partial charge >= 0.3 is 0 Å². The predicted molar refractivity (Wildman–Crippen MR) is 147 cm³/mol. The van der Waals surface area contributed by atoms with Gasteiger partial charge in [0.05, 0.1) is 19.8 Å². The quantitative estimate of drug-likeness (QED) is 0.288. The number of phenols is 1. The summed E-state index contributed by atoms with van der Waals surface area (Å²) in [6.45, 7) is 7.10. The Hall–Kier alpha value is -4.26. The molecule has 0 radical (unpaired) electrons. The second-order valence-corrected chi connectivity index (χ2v) is 9.76. The van der Waals surface area contributed by atoms with Gasteiger partial charge in [-0.1, -0.05) is 37.3 Å². The van der Waals surface area contributed by atoms with Gasteiger partial charge in [0.25, 0.3) is 5.91 Å². The van der Waals surface area contributed by atoms with Crippen LogP contribution in [0.4, 0.5) is 0 Å². The number of aromatic nitrogens is 2. The van der Waals surface area contributed by atoms with E-state index in [0.717, 1.165) is 45.7 Å². The largest absolute Gasteiger partial charge is 0.507 e. The molecule has 2 N–H and O–H groups in total. The summed E-state index contributed by atoms with van der Waals surface area (Å²) in [5, 5.41) is 18.5. The minimum absolute atomic E-state index is 0.104.